The molecule has 0 heterocycles. The Kier molecular flexibility index (Phi) is 6.50. The summed E-state index contributed by atoms with van der Waals surface area (Å²) in [4.78, 5) is 14.8. The zero-order valence-electron chi connectivity index (χ0n) is 15.2. The van der Waals surface area contributed by atoms with Crippen LogP contribution >= 0.6 is 11.6 Å². The van der Waals surface area contributed by atoms with Crippen LogP contribution in [0.2, 0.25) is 5.02 Å². The maximum absolute atomic E-state index is 13.0. The van der Waals surface area contributed by atoms with E-state index in [0.29, 0.717) is 17.3 Å². The van der Waals surface area contributed by atoms with E-state index in [2.05, 4.69) is 0 Å². The number of benzene rings is 3. The number of rotatable bonds is 7. The van der Waals surface area contributed by atoms with Crippen LogP contribution in [0.1, 0.15) is 24.1 Å². The highest BCUT2D eigenvalue weighted by Crippen LogP contribution is 2.28. The Balaban J connectivity index is 1.82. The predicted molar refractivity (Wildman–Crippen MR) is 109 cm³/mol. The molecule has 27 heavy (non-hydrogen) atoms. The molecule has 0 fully saturated rings. The summed E-state index contributed by atoms with van der Waals surface area (Å²) in [7, 11) is 0. The normalized spacial score (nSPS) is 10.6. The predicted octanol–water partition coefficient (Wildman–Crippen LogP) is 5.36. The second-order valence-corrected chi connectivity index (χ2v) is 6.58. The number of ether oxygens (including phenoxy) is 1. The second kappa shape index (κ2) is 9.24. The molecule has 3 nitrogen and oxygen atoms in total. The molecule has 0 aliphatic carbocycles. The van der Waals surface area contributed by atoms with E-state index < -0.39 is 0 Å². The van der Waals surface area contributed by atoms with E-state index >= 15 is 0 Å². The summed E-state index contributed by atoms with van der Waals surface area (Å²) in [5.74, 6) is 0.560. The van der Waals surface area contributed by atoms with Gasteiger partial charge >= 0.3 is 0 Å². The minimum atomic E-state index is -0.154. The van der Waals surface area contributed by atoms with Gasteiger partial charge < -0.3 is 9.64 Å². The summed E-state index contributed by atoms with van der Waals surface area (Å²) < 4.78 is 5.68. The lowest BCUT2D eigenvalue weighted by Gasteiger charge is -2.31. The molecule has 138 valence electrons. The second-order valence-electron chi connectivity index (χ2n) is 6.15. The van der Waals surface area contributed by atoms with E-state index in [0.717, 1.165) is 11.1 Å². The average molecular weight is 380 g/mol. The van der Waals surface area contributed by atoms with Crippen LogP contribution in [0.4, 0.5) is 0 Å². The van der Waals surface area contributed by atoms with Gasteiger partial charge in [0.05, 0.1) is 6.04 Å². The minimum absolute atomic E-state index is 0.0222. The molecule has 0 spiro atoms. The number of carbonyl (C=O) groups excluding carboxylic acids is 1. The lowest BCUT2D eigenvalue weighted by atomic mass is 9.97. The molecule has 0 aliphatic rings. The fourth-order valence-corrected chi connectivity index (χ4v) is 3.21. The average Bonchev–Trinajstić information content (AvgIpc) is 2.72. The molecule has 0 aliphatic heterocycles. The standard InChI is InChI=1S/C23H22ClNO2/c1-2-25(22(26)17-27-21-15-13-20(24)14-16-21)23(18-9-5-3-6-10-18)19-11-7-4-8-12-19/h3-16,23H,2,17H2,1H3. The van der Waals surface area contributed by atoms with Gasteiger partial charge in [0, 0.05) is 11.6 Å². The van der Waals surface area contributed by atoms with Gasteiger partial charge in [0.2, 0.25) is 0 Å². The van der Waals surface area contributed by atoms with Crippen LogP contribution in [0, 0.1) is 0 Å². The summed E-state index contributed by atoms with van der Waals surface area (Å²) >= 11 is 5.89. The molecular weight excluding hydrogens is 358 g/mol. The highest BCUT2D eigenvalue weighted by molar-refractivity contribution is 6.30. The molecule has 0 aromatic heterocycles. The summed E-state index contributed by atoms with van der Waals surface area (Å²) in [6.45, 7) is 2.54. The fraction of sp³-hybridized carbons (Fsp3) is 0.174. The van der Waals surface area contributed by atoms with Gasteiger partial charge in [0.15, 0.2) is 6.61 Å². The summed E-state index contributed by atoms with van der Waals surface area (Å²) in [6.07, 6.45) is 0. The van der Waals surface area contributed by atoms with Gasteiger partial charge in [-0.05, 0) is 42.3 Å². The lowest BCUT2D eigenvalue weighted by molar-refractivity contribution is -0.134. The highest BCUT2D eigenvalue weighted by Gasteiger charge is 2.25. The van der Waals surface area contributed by atoms with Gasteiger partial charge in [0.25, 0.3) is 5.91 Å². The van der Waals surface area contributed by atoms with Crippen LogP contribution in [-0.4, -0.2) is 24.0 Å². The monoisotopic (exact) mass is 379 g/mol. The van der Waals surface area contributed by atoms with Crippen molar-refractivity contribution in [3.63, 3.8) is 0 Å². The first-order chi connectivity index (χ1) is 13.2. The molecule has 3 aromatic carbocycles. The van der Waals surface area contributed by atoms with Crippen molar-refractivity contribution in [1.29, 1.82) is 0 Å². The first-order valence-electron chi connectivity index (χ1n) is 8.96. The van der Waals surface area contributed by atoms with Gasteiger partial charge in [0.1, 0.15) is 5.75 Å². The zero-order valence-corrected chi connectivity index (χ0v) is 16.0. The Labute approximate surface area is 165 Å². The van der Waals surface area contributed by atoms with Gasteiger partial charge in [-0.1, -0.05) is 72.3 Å². The Morgan fingerprint density at radius 3 is 1.89 bits per heavy atom. The van der Waals surface area contributed by atoms with Crippen molar-refractivity contribution in [2.45, 2.75) is 13.0 Å². The van der Waals surface area contributed by atoms with Crippen molar-refractivity contribution in [1.82, 2.24) is 4.90 Å². The van der Waals surface area contributed by atoms with Crippen molar-refractivity contribution < 1.29 is 9.53 Å². The molecular formula is C23H22ClNO2. The SMILES string of the molecule is CCN(C(=O)COc1ccc(Cl)cc1)C(c1ccccc1)c1ccccc1. The highest BCUT2D eigenvalue weighted by atomic mass is 35.5. The van der Waals surface area contributed by atoms with Crippen molar-refractivity contribution >= 4 is 17.5 Å². The molecule has 0 bridgehead atoms. The van der Waals surface area contributed by atoms with Crippen LogP contribution in [0.15, 0.2) is 84.9 Å². The third-order valence-electron chi connectivity index (χ3n) is 4.38. The third-order valence-corrected chi connectivity index (χ3v) is 4.63. The van der Waals surface area contributed by atoms with Crippen LogP contribution in [0.25, 0.3) is 0 Å². The first kappa shape index (κ1) is 19.0. The molecule has 3 aromatic rings. The van der Waals surface area contributed by atoms with Crippen LogP contribution < -0.4 is 4.74 Å². The Hall–Kier alpha value is -2.78. The van der Waals surface area contributed by atoms with Crippen LogP contribution in [-0.2, 0) is 4.79 Å². The number of amides is 1. The fourth-order valence-electron chi connectivity index (χ4n) is 3.08. The Morgan fingerprint density at radius 2 is 1.41 bits per heavy atom. The molecule has 0 N–H and O–H groups in total. The Morgan fingerprint density at radius 1 is 0.889 bits per heavy atom. The maximum Gasteiger partial charge on any atom is 0.261 e. The van der Waals surface area contributed by atoms with Crippen molar-refractivity contribution in [2.75, 3.05) is 13.2 Å². The minimum Gasteiger partial charge on any atom is -0.484 e. The molecule has 0 atom stereocenters. The lowest BCUT2D eigenvalue weighted by Crippen LogP contribution is -2.38. The van der Waals surface area contributed by atoms with Gasteiger partial charge in [-0.25, -0.2) is 0 Å². The first-order valence-corrected chi connectivity index (χ1v) is 9.34. The van der Waals surface area contributed by atoms with E-state index in [-0.39, 0.29) is 18.6 Å². The number of carbonyl (C=O) groups is 1. The number of hydrogen-bond donors (Lipinski definition) is 0. The number of halogens is 1. The van der Waals surface area contributed by atoms with Gasteiger partial charge in [-0.15, -0.1) is 0 Å². The van der Waals surface area contributed by atoms with E-state index in [1.54, 1.807) is 24.3 Å². The van der Waals surface area contributed by atoms with Crippen molar-refractivity contribution in [2.24, 2.45) is 0 Å². The van der Waals surface area contributed by atoms with E-state index in [9.17, 15) is 4.79 Å². The van der Waals surface area contributed by atoms with Gasteiger partial charge in [-0.3, -0.25) is 4.79 Å². The van der Waals surface area contributed by atoms with E-state index in [1.807, 2.05) is 72.5 Å². The van der Waals surface area contributed by atoms with E-state index in [1.165, 1.54) is 0 Å². The van der Waals surface area contributed by atoms with Crippen LogP contribution in [0.3, 0.4) is 0 Å². The van der Waals surface area contributed by atoms with Gasteiger partial charge in [-0.2, -0.15) is 0 Å². The van der Waals surface area contributed by atoms with E-state index in [4.69, 9.17) is 16.3 Å². The molecule has 0 radical (unpaired) electrons. The quantitative estimate of drug-likeness (QED) is 0.553. The van der Waals surface area contributed by atoms with Crippen LogP contribution in [0.5, 0.6) is 5.75 Å². The molecule has 4 heteroatoms. The summed E-state index contributed by atoms with van der Waals surface area (Å²) in [5.41, 5.74) is 2.15. The molecule has 1 amide bonds. The zero-order chi connectivity index (χ0) is 19.1. The molecule has 0 saturated heterocycles. The smallest absolute Gasteiger partial charge is 0.261 e. The number of hydrogen-bond acceptors (Lipinski definition) is 2. The van der Waals surface area contributed by atoms with Crippen molar-refractivity contribution in [3.8, 4) is 5.75 Å². The number of nitrogens with zero attached hydrogens (tertiary/aromatic N) is 1. The molecule has 3 rings (SSSR count). The largest absolute Gasteiger partial charge is 0.484 e. The van der Waals surface area contributed by atoms with Crippen molar-refractivity contribution in [3.05, 3.63) is 101 Å². The molecule has 0 saturated carbocycles. The third kappa shape index (κ3) is 4.89. The Bertz CT molecular complexity index is 811. The maximum atomic E-state index is 13.0. The summed E-state index contributed by atoms with van der Waals surface area (Å²) in [5, 5.41) is 0.636. The number of likely N-dealkylation sites (N-methyl/N-ethyl adjacent to an activating group) is 1. The topological polar surface area (TPSA) is 29.5 Å². The molecule has 0 unspecified atom stereocenters. The summed E-state index contributed by atoms with van der Waals surface area (Å²) in [6, 6.07) is 27.0.